The van der Waals surface area contributed by atoms with Crippen LogP contribution in [-0.4, -0.2) is 18.5 Å². The molecule has 0 aromatic rings. The van der Waals surface area contributed by atoms with Crippen LogP contribution < -0.4 is 11.1 Å². The summed E-state index contributed by atoms with van der Waals surface area (Å²) in [6.45, 7) is 0. The van der Waals surface area contributed by atoms with Crippen molar-refractivity contribution in [3.05, 3.63) is 0 Å². The minimum Gasteiger partial charge on any atom is -0.359 e. The molecule has 3 N–H and O–H groups in total. The maximum Gasteiger partial charge on any atom is 0.226 e. The quantitative estimate of drug-likeness (QED) is 0.521. The molecule has 3 nitrogen and oxygen atoms in total. The Labute approximate surface area is 60.0 Å². The third kappa shape index (κ3) is 0.475. The molecule has 0 atom stereocenters. The number of hydrogen-bond donors (Lipinski definition) is 2. The SMILES string of the molecule is CNC(=O)C12CC(N)(C1)C2. The summed E-state index contributed by atoms with van der Waals surface area (Å²) in [5.74, 6) is 0.180. The molecule has 0 heterocycles. The third-order valence-corrected chi connectivity index (χ3v) is 2.78. The van der Waals surface area contributed by atoms with Gasteiger partial charge in [-0.2, -0.15) is 0 Å². The van der Waals surface area contributed by atoms with E-state index >= 15 is 0 Å². The van der Waals surface area contributed by atoms with Crippen molar-refractivity contribution >= 4 is 5.91 Å². The van der Waals surface area contributed by atoms with E-state index in [1.54, 1.807) is 7.05 Å². The molecule has 0 unspecified atom stereocenters. The molecule has 0 spiro atoms. The summed E-state index contributed by atoms with van der Waals surface area (Å²) < 4.78 is 0. The Morgan fingerprint density at radius 3 is 2.30 bits per heavy atom. The van der Waals surface area contributed by atoms with Gasteiger partial charge in [-0.25, -0.2) is 0 Å². The van der Waals surface area contributed by atoms with Crippen molar-refractivity contribution in [2.45, 2.75) is 24.8 Å². The van der Waals surface area contributed by atoms with E-state index in [1.165, 1.54) is 0 Å². The molecule has 3 fully saturated rings. The van der Waals surface area contributed by atoms with Crippen LogP contribution in [0.15, 0.2) is 0 Å². The van der Waals surface area contributed by atoms with Crippen LogP contribution >= 0.6 is 0 Å². The molecule has 2 bridgehead atoms. The Hall–Kier alpha value is -0.570. The van der Waals surface area contributed by atoms with Gasteiger partial charge in [0.2, 0.25) is 5.91 Å². The van der Waals surface area contributed by atoms with Gasteiger partial charge in [0.25, 0.3) is 0 Å². The van der Waals surface area contributed by atoms with Gasteiger partial charge in [-0.3, -0.25) is 4.79 Å². The zero-order chi connectivity index (χ0) is 7.41. The molecular weight excluding hydrogens is 128 g/mol. The molecule has 0 aromatic carbocycles. The number of nitrogens with two attached hydrogens (primary N) is 1. The molecule has 0 aliphatic heterocycles. The van der Waals surface area contributed by atoms with Crippen LogP contribution in [0.3, 0.4) is 0 Å². The molecule has 3 aliphatic rings. The Balaban J connectivity index is 2.04. The highest BCUT2D eigenvalue weighted by Crippen LogP contribution is 2.65. The fraction of sp³-hybridized carbons (Fsp3) is 0.857. The average molecular weight is 140 g/mol. The van der Waals surface area contributed by atoms with E-state index in [-0.39, 0.29) is 16.9 Å². The van der Waals surface area contributed by atoms with Gasteiger partial charge in [-0.1, -0.05) is 0 Å². The lowest BCUT2D eigenvalue weighted by Gasteiger charge is -2.67. The van der Waals surface area contributed by atoms with Gasteiger partial charge in [-0.05, 0) is 19.3 Å². The van der Waals surface area contributed by atoms with E-state index in [1.807, 2.05) is 0 Å². The number of amides is 1. The third-order valence-electron chi connectivity index (χ3n) is 2.78. The molecule has 0 aromatic heterocycles. The lowest BCUT2D eigenvalue weighted by Crippen LogP contribution is -2.76. The van der Waals surface area contributed by atoms with Crippen molar-refractivity contribution in [2.75, 3.05) is 7.05 Å². The van der Waals surface area contributed by atoms with Gasteiger partial charge in [0.15, 0.2) is 0 Å². The van der Waals surface area contributed by atoms with Gasteiger partial charge in [0.05, 0.1) is 5.41 Å². The molecular formula is C7H12N2O. The Bertz CT molecular complexity index is 180. The first-order chi connectivity index (χ1) is 4.60. The Kier molecular flexibility index (Phi) is 0.844. The summed E-state index contributed by atoms with van der Waals surface area (Å²) >= 11 is 0. The number of nitrogens with one attached hydrogen (secondary N) is 1. The average Bonchev–Trinajstić information content (AvgIpc) is 1.77. The standard InChI is InChI=1S/C7H12N2O/c1-9-5(10)6-2-7(8,3-6)4-6/h2-4,8H2,1H3,(H,9,10). The van der Waals surface area contributed by atoms with Crippen LogP contribution in [0.4, 0.5) is 0 Å². The molecule has 10 heavy (non-hydrogen) atoms. The van der Waals surface area contributed by atoms with Crippen molar-refractivity contribution in [3.8, 4) is 0 Å². The summed E-state index contributed by atoms with van der Waals surface area (Å²) in [5, 5.41) is 2.67. The fourth-order valence-electron chi connectivity index (χ4n) is 2.37. The normalized spacial score (nSPS) is 49.0. The van der Waals surface area contributed by atoms with Gasteiger partial charge >= 0.3 is 0 Å². The topological polar surface area (TPSA) is 55.1 Å². The molecule has 3 heteroatoms. The molecule has 3 aliphatic carbocycles. The lowest BCUT2D eigenvalue weighted by atomic mass is 9.39. The van der Waals surface area contributed by atoms with Crippen LogP contribution in [0.2, 0.25) is 0 Å². The van der Waals surface area contributed by atoms with Gasteiger partial charge in [0, 0.05) is 12.6 Å². The number of rotatable bonds is 1. The van der Waals surface area contributed by atoms with Crippen LogP contribution in [0.1, 0.15) is 19.3 Å². The van der Waals surface area contributed by atoms with Gasteiger partial charge in [0.1, 0.15) is 0 Å². The molecule has 1 amide bonds. The highest BCUT2D eigenvalue weighted by Gasteiger charge is 2.69. The Morgan fingerprint density at radius 2 is 2.00 bits per heavy atom. The number of hydrogen-bond acceptors (Lipinski definition) is 2. The van der Waals surface area contributed by atoms with E-state index in [9.17, 15) is 4.79 Å². The summed E-state index contributed by atoms with van der Waals surface area (Å²) in [7, 11) is 1.69. The summed E-state index contributed by atoms with van der Waals surface area (Å²) in [5.41, 5.74) is 5.80. The number of carbonyl (C=O) groups is 1. The monoisotopic (exact) mass is 140 g/mol. The smallest absolute Gasteiger partial charge is 0.226 e. The lowest BCUT2D eigenvalue weighted by molar-refractivity contribution is -0.171. The summed E-state index contributed by atoms with van der Waals surface area (Å²) in [6, 6.07) is 0. The summed E-state index contributed by atoms with van der Waals surface area (Å²) in [6.07, 6.45) is 2.71. The second kappa shape index (κ2) is 1.37. The minimum atomic E-state index is -0.0382. The largest absolute Gasteiger partial charge is 0.359 e. The van der Waals surface area contributed by atoms with Crippen LogP contribution in [0.5, 0.6) is 0 Å². The second-order valence-electron chi connectivity index (χ2n) is 3.75. The van der Waals surface area contributed by atoms with Crippen molar-refractivity contribution < 1.29 is 4.79 Å². The fourth-order valence-corrected chi connectivity index (χ4v) is 2.37. The number of carbonyl (C=O) groups excluding carboxylic acids is 1. The highest BCUT2D eigenvalue weighted by molar-refractivity contribution is 5.86. The van der Waals surface area contributed by atoms with E-state index in [2.05, 4.69) is 5.32 Å². The van der Waals surface area contributed by atoms with E-state index in [0.717, 1.165) is 19.3 Å². The van der Waals surface area contributed by atoms with Crippen LogP contribution in [0, 0.1) is 5.41 Å². The van der Waals surface area contributed by atoms with Crippen molar-refractivity contribution in [3.63, 3.8) is 0 Å². The van der Waals surface area contributed by atoms with E-state index < -0.39 is 0 Å². The van der Waals surface area contributed by atoms with Crippen molar-refractivity contribution in [2.24, 2.45) is 11.1 Å². The molecule has 0 radical (unpaired) electrons. The first-order valence-electron chi connectivity index (χ1n) is 3.61. The first-order valence-corrected chi connectivity index (χ1v) is 3.61. The Morgan fingerprint density at radius 1 is 1.50 bits per heavy atom. The van der Waals surface area contributed by atoms with Gasteiger partial charge < -0.3 is 11.1 Å². The zero-order valence-corrected chi connectivity index (χ0v) is 6.11. The van der Waals surface area contributed by atoms with Crippen molar-refractivity contribution in [1.82, 2.24) is 5.32 Å². The predicted molar refractivity (Wildman–Crippen MR) is 37.3 cm³/mol. The summed E-state index contributed by atoms with van der Waals surface area (Å²) in [4.78, 5) is 11.1. The van der Waals surface area contributed by atoms with E-state index in [4.69, 9.17) is 5.73 Å². The molecule has 0 saturated heterocycles. The van der Waals surface area contributed by atoms with Gasteiger partial charge in [-0.15, -0.1) is 0 Å². The minimum absolute atomic E-state index is 0.0382. The molecule has 3 rings (SSSR count). The van der Waals surface area contributed by atoms with Crippen LogP contribution in [-0.2, 0) is 4.79 Å². The predicted octanol–water partition coefficient (Wildman–Crippen LogP) is -0.386. The van der Waals surface area contributed by atoms with Crippen molar-refractivity contribution in [1.29, 1.82) is 0 Å². The zero-order valence-electron chi connectivity index (χ0n) is 6.11. The van der Waals surface area contributed by atoms with Crippen LogP contribution in [0.25, 0.3) is 0 Å². The van der Waals surface area contributed by atoms with E-state index in [0.29, 0.717) is 0 Å². The molecule has 3 saturated carbocycles. The first kappa shape index (κ1) is 6.16. The second-order valence-corrected chi connectivity index (χ2v) is 3.75. The maximum atomic E-state index is 11.1. The maximum absolute atomic E-state index is 11.1. The molecule has 56 valence electrons. The highest BCUT2D eigenvalue weighted by atomic mass is 16.2.